The number of carbonyl (C=O) groups excluding carboxylic acids is 2. The summed E-state index contributed by atoms with van der Waals surface area (Å²) in [6, 6.07) is 14.9. The lowest BCUT2D eigenvalue weighted by Crippen LogP contribution is -2.53. The summed E-state index contributed by atoms with van der Waals surface area (Å²) in [5.41, 5.74) is 0.675. The van der Waals surface area contributed by atoms with Crippen LogP contribution >= 0.6 is 0 Å². The molecule has 30 heavy (non-hydrogen) atoms. The molecule has 0 spiro atoms. The third-order valence-electron chi connectivity index (χ3n) is 4.61. The zero-order valence-corrected chi connectivity index (χ0v) is 17.9. The van der Waals surface area contributed by atoms with Gasteiger partial charge in [-0.25, -0.2) is 0 Å². The highest BCUT2D eigenvalue weighted by Crippen LogP contribution is 2.21. The maximum atomic E-state index is 13.3. The molecule has 1 atom stereocenters. The fourth-order valence-electron chi connectivity index (χ4n) is 3.26. The monoisotopic (exact) mass is 411 g/mol. The molecule has 2 aromatic rings. The van der Waals surface area contributed by atoms with Crippen LogP contribution in [-0.2, 0) is 22.6 Å². The van der Waals surface area contributed by atoms with E-state index in [0.717, 1.165) is 5.56 Å². The molecular formula is C23H29N3O4. The Morgan fingerprint density at radius 3 is 2.23 bits per heavy atom. The summed E-state index contributed by atoms with van der Waals surface area (Å²) in [6.07, 6.45) is 0.278. The van der Waals surface area contributed by atoms with Gasteiger partial charge in [0.15, 0.2) is 0 Å². The van der Waals surface area contributed by atoms with Crippen LogP contribution in [-0.4, -0.2) is 33.2 Å². The van der Waals surface area contributed by atoms with E-state index in [-0.39, 0.29) is 30.5 Å². The van der Waals surface area contributed by atoms with Crippen LogP contribution in [0.15, 0.2) is 54.6 Å². The van der Waals surface area contributed by atoms with Crippen LogP contribution in [0.4, 0.5) is 5.69 Å². The predicted octanol–water partition coefficient (Wildman–Crippen LogP) is 3.86. The number of para-hydroxylation sites is 1. The van der Waals surface area contributed by atoms with Crippen molar-refractivity contribution in [3.63, 3.8) is 0 Å². The molecule has 0 saturated carbocycles. The smallest absolute Gasteiger partial charge is 0.273 e. The largest absolute Gasteiger partial charge is 0.350 e. The number of hydrogen-bond acceptors (Lipinski definition) is 4. The molecule has 0 saturated heterocycles. The number of nitrogens with one attached hydrogen (secondary N) is 1. The van der Waals surface area contributed by atoms with Crippen molar-refractivity contribution >= 4 is 17.5 Å². The van der Waals surface area contributed by atoms with E-state index in [2.05, 4.69) is 5.32 Å². The highest BCUT2D eigenvalue weighted by molar-refractivity contribution is 5.89. The van der Waals surface area contributed by atoms with Crippen molar-refractivity contribution in [1.29, 1.82) is 0 Å². The average molecular weight is 412 g/mol. The summed E-state index contributed by atoms with van der Waals surface area (Å²) in [7, 11) is 0. The number of carbonyl (C=O) groups is 2. The molecule has 0 aliphatic carbocycles. The first-order valence-electron chi connectivity index (χ1n) is 10.00. The highest BCUT2D eigenvalue weighted by atomic mass is 16.6. The first-order valence-corrected chi connectivity index (χ1v) is 10.00. The fraction of sp³-hybridized carbons (Fsp3) is 0.391. The van der Waals surface area contributed by atoms with Crippen molar-refractivity contribution in [3.05, 3.63) is 75.8 Å². The van der Waals surface area contributed by atoms with Gasteiger partial charge >= 0.3 is 0 Å². The van der Waals surface area contributed by atoms with Gasteiger partial charge in [0.25, 0.3) is 5.69 Å². The van der Waals surface area contributed by atoms with E-state index < -0.39 is 16.5 Å². The lowest BCUT2D eigenvalue weighted by molar-refractivity contribution is -0.385. The van der Waals surface area contributed by atoms with Crippen LogP contribution in [0.5, 0.6) is 0 Å². The molecule has 0 bridgehead atoms. The van der Waals surface area contributed by atoms with E-state index >= 15 is 0 Å². The molecule has 2 amide bonds. The minimum atomic E-state index is -0.681. The number of amides is 2. The molecule has 7 heteroatoms. The first kappa shape index (κ1) is 23.1. The minimum absolute atomic E-state index is 0.0993. The van der Waals surface area contributed by atoms with Crippen LogP contribution in [0.2, 0.25) is 0 Å². The quantitative estimate of drug-likeness (QED) is 0.527. The third-order valence-corrected chi connectivity index (χ3v) is 4.61. The summed E-state index contributed by atoms with van der Waals surface area (Å²) in [5, 5.41) is 14.3. The molecule has 160 valence electrons. The van der Waals surface area contributed by atoms with Gasteiger partial charge in [-0.15, -0.1) is 0 Å². The summed E-state index contributed by atoms with van der Waals surface area (Å²) in [5.74, 6) is -0.569. The van der Waals surface area contributed by atoms with Gasteiger partial charge in [-0.3, -0.25) is 19.7 Å². The van der Waals surface area contributed by atoms with E-state index in [1.54, 1.807) is 18.2 Å². The van der Waals surface area contributed by atoms with Crippen molar-refractivity contribution in [2.45, 2.75) is 58.7 Å². The minimum Gasteiger partial charge on any atom is -0.350 e. The first-order chi connectivity index (χ1) is 14.1. The fourth-order valence-corrected chi connectivity index (χ4v) is 3.26. The molecule has 0 aliphatic rings. The highest BCUT2D eigenvalue weighted by Gasteiger charge is 2.31. The van der Waals surface area contributed by atoms with Gasteiger partial charge in [0.2, 0.25) is 11.8 Å². The van der Waals surface area contributed by atoms with Crippen LogP contribution in [0.3, 0.4) is 0 Å². The van der Waals surface area contributed by atoms with E-state index in [1.165, 1.54) is 11.0 Å². The van der Waals surface area contributed by atoms with Crippen molar-refractivity contribution < 1.29 is 14.5 Å². The Kier molecular flexibility index (Phi) is 7.69. The van der Waals surface area contributed by atoms with E-state index in [0.29, 0.717) is 12.0 Å². The van der Waals surface area contributed by atoms with Gasteiger partial charge in [0.1, 0.15) is 6.04 Å². The van der Waals surface area contributed by atoms with Crippen LogP contribution in [0, 0.1) is 10.1 Å². The Hall–Kier alpha value is -3.22. The number of nitro groups is 1. The molecule has 0 unspecified atom stereocenters. The van der Waals surface area contributed by atoms with Crippen LogP contribution in [0.25, 0.3) is 0 Å². The lowest BCUT2D eigenvalue weighted by Gasteiger charge is -2.33. The lowest BCUT2D eigenvalue weighted by atomic mass is 10.0. The summed E-state index contributed by atoms with van der Waals surface area (Å²) in [4.78, 5) is 38.6. The van der Waals surface area contributed by atoms with Crippen molar-refractivity contribution in [3.8, 4) is 0 Å². The maximum Gasteiger partial charge on any atom is 0.273 e. The Labute approximate surface area is 177 Å². The molecule has 1 N–H and O–H groups in total. The topological polar surface area (TPSA) is 92.6 Å². The van der Waals surface area contributed by atoms with Crippen molar-refractivity contribution in [2.75, 3.05) is 0 Å². The molecule has 2 rings (SSSR count). The Bertz CT molecular complexity index is 891. The van der Waals surface area contributed by atoms with Crippen molar-refractivity contribution in [1.82, 2.24) is 10.2 Å². The summed E-state index contributed by atoms with van der Waals surface area (Å²) >= 11 is 0. The SMILES string of the molecule is CC[C@H](C(=O)NC(C)(C)C)N(Cc1ccccc1)C(=O)Cc1ccccc1[N+](=O)[O-]. The zero-order chi connectivity index (χ0) is 22.3. The maximum absolute atomic E-state index is 13.3. The number of rotatable bonds is 8. The van der Waals surface area contributed by atoms with Crippen LogP contribution < -0.4 is 5.32 Å². The molecule has 2 aromatic carbocycles. The molecule has 0 radical (unpaired) electrons. The van der Waals surface area contributed by atoms with Gasteiger partial charge in [-0.1, -0.05) is 55.5 Å². The second-order valence-electron chi connectivity index (χ2n) is 8.23. The number of nitro benzene ring substituents is 1. The van der Waals surface area contributed by atoms with E-state index in [1.807, 2.05) is 58.0 Å². The number of hydrogen-bond donors (Lipinski definition) is 1. The second kappa shape index (κ2) is 10.0. The van der Waals surface area contributed by atoms with Gasteiger partial charge in [0, 0.05) is 23.7 Å². The third kappa shape index (κ3) is 6.40. The standard InChI is InChI=1S/C23H29N3O4/c1-5-19(22(28)24-23(2,3)4)25(16-17-11-7-6-8-12-17)21(27)15-18-13-9-10-14-20(18)26(29)30/h6-14,19H,5,15-16H2,1-4H3,(H,24,28)/t19-/m1/s1. The summed E-state index contributed by atoms with van der Waals surface area (Å²) < 4.78 is 0. The normalized spacial score (nSPS) is 12.1. The van der Waals surface area contributed by atoms with Crippen LogP contribution in [0.1, 0.15) is 45.2 Å². The Morgan fingerprint density at radius 2 is 1.67 bits per heavy atom. The average Bonchev–Trinajstić information content (AvgIpc) is 2.67. The molecule has 7 nitrogen and oxygen atoms in total. The van der Waals surface area contributed by atoms with Gasteiger partial charge in [-0.2, -0.15) is 0 Å². The summed E-state index contributed by atoms with van der Waals surface area (Å²) in [6.45, 7) is 7.75. The Morgan fingerprint density at radius 1 is 1.07 bits per heavy atom. The molecular weight excluding hydrogens is 382 g/mol. The van der Waals surface area contributed by atoms with E-state index in [4.69, 9.17) is 0 Å². The van der Waals surface area contributed by atoms with Gasteiger partial charge < -0.3 is 10.2 Å². The Balaban J connectivity index is 2.36. The number of nitrogens with zero attached hydrogens (tertiary/aromatic N) is 2. The molecule has 0 aliphatic heterocycles. The second-order valence-corrected chi connectivity index (χ2v) is 8.23. The molecule has 0 heterocycles. The van der Waals surface area contributed by atoms with Gasteiger partial charge in [-0.05, 0) is 32.8 Å². The van der Waals surface area contributed by atoms with Crippen molar-refractivity contribution in [2.24, 2.45) is 0 Å². The van der Waals surface area contributed by atoms with Gasteiger partial charge in [0.05, 0.1) is 11.3 Å². The zero-order valence-electron chi connectivity index (χ0n) is 17.9. The predicted molar refractivity (Wildman–Crippen MR) is 116 cm³/mol. The van der Waals surface area contributed by atoms with E-state index in [9.17, 15) is 19.7 Å². The molecule has 0 aromatic heterocycles. The number of benzene rings is 2. The molecule has 0 fully saturated rings.